The number of aliphatic carboxylic acids is 1. The Bertz CT molecular complexity index is 1260. The molecular weight excluding hydrogens is 370 g/mol. The van der Waals surface area contributed by atoms with E-state index in [1.54, 1.807) is 0 Å². The van der Waals surface area contributed by atoms with Gasteiger partial charge < -0.3 is 9.67 Å². The van der Waals surface area contributed by atoms with Gasteiger partial charge in [-0.25, -0.2) is 4.79 Å². The summed E-state index contributed by atoms with van der Waals surface area (Å²) in [6.45, 7) is 6.10. The minimum absolute atomic E-state index is 0.0603. The Morgan fingerprint density at radius 1 is 0.967 bits per heavy atom. The van der Waals surface area contributed by atoms with Crippen LogP contribution in [0.2, 0.25) is 0 Å². The molecule has 150 valence electrons. The van der Waals surface area contributed by atoms with Gasteiger partial charge in [-0.3, -0.25) is 0 Å². The fourth-order valence-corrected chi connectivity index (χ4v) is 4.13. The van der Waals surface area contributed by atoms with Crippen LogP contribution in [0, 0.1) is 13.8 Å². The lowest BCUT2D eigenvalue weighted by atomic mass is 9.93. The average molecular weight is 396 g/mol. The normalized spacial score (nSPS) is 12.8. The predicted molar refractivity (Wildman–Crippen MR) is 123 cm³/mol. The maximum atomic E-state index is 11.0. The summed E-state index contributed by atoms with van der Waals surface area (Å²) in [5.41, 5.74) is 7.79. The maximum absolute atomic E-state index is 11.0. The van der Waals surface area contributed by atoms with Gasteiger partial charge in [0.05, 0.1) is 6.04 Å². The zero-order valence-corrected chi connectivity index (χ0v) is 17.5. The molecule has 4 rings (SSSR count). The molecule has 0 spiro atoms. The Labute approximate surface area is 176 Å². The molecule has 0 fully saturated rings. The van der Waals surface area contributed by atoms with Crippen molar-refractivity contribution in [3.63, 3.8) is 0 Å². The summed E-state index contributed by atoms with van der Waals surface area (Å²) >= 11 is 0. The Hall–Kier alpha value is -3.59. The van der Waals surface area contributed by atoms with Gasteiger partial charge >= 0.3 is 5.97 Å². The van der Waals surface area contributed by atoms with Crippen molar-refractivity contribution in [3.05, 3.63) is 113 Å². The molecule has 3 aromatic carbocycles. The highest BCUT2D eigenvalue weighted by atomic mass is 16.4. The number of carboxylic acids is 1. The van der Waals surface area contributed by atoms with Gasteiger partial charge in [0.15, 0.2) is 0 Å². The smallest absolute Gasteiger partial charge is 0.328 e. The lowest BCUT2D eigenvalue weighted by molar-refractivity contribution is -0.131. The topological polar surface area (TPSA) is 42.2 Å². The van der Waals surface area contributed by atoms with Gasteiger partial charge in [-0.1, -0.05) is 60.2 Å². The van der Waals surface area contributed by atoms with Crippen molar-refractivity contribution in [2.75, 3.05) is 0 Å². The minimum atomic E-state index is -0.927. The molecule has 0 aliphatic heterocycles. The molecular formula is C27H25NO2. The van der Waals surface area contributed by atoms with Crippen molar-refractivity contribution in [3.8, 4) is 0 Å². The predicted octanol–water partition coefficient (Wildman–Crippen LogP) is 6.38. The van der Waals surface area contributed by atoms with Crippen LogP contribution in [-0.2, 0) is 4.79 Å². The van der Waals surface area contributed by atoms with E-state index in [0.29, 0.717) is 0 Å². The van der Waals surface area contributed by atoms with Crippen molar-refractivity contribution >= 4 is 22.4 Å². The summed E-state index contributed by atoms with van der Waals surface area (Å²) in [6, 6.07) is 25.5. The van der Waals surface area contributed by atoms with E-state index >= 15 is 0 Å². The van der Waals surface area contributed by atoms with E-state index in [-0.39, 0.29) is 6.04 Å². The van der Waals surface area contributed by atoms with Gasteiger partial charge in [-0.05, 0) is 66.8 Å². The molecule has 1 aromatic heterocycles. The number of fused-ring (bicyclic) bond motifs is 1. The number of hydrogen-bond acceptors (Lipinski definition) is 1. The Balaban J connectivity index is 1.89. The number of carbonyl (C=O) groups is 1. The number of nitrogens with zero attached hydrogens (tertiary/aromatic N) is 1. The molecule has 1 heterocycles. The Kier molecular flexibility index (Phi) is 5.28. The van der Waals surface area contributed by atoms with E-state index in [9.17, 15) is 4.79 Å². The lowest BCUT2D eigenvalue weighted by Gasteiger charge is -2.24. The molecule has 1 N–H and O–H groups in total. The highest BCUT2D eigenvalue weighted by Crippen LogP contribution is 2.34. The highest BCUT2D eigenvalue weighted by Gasteiger charge is 2.20. The first kappa shape index (κ1) is 19.7. The summed E-state index contributed by atoms with van der Waals surface area (Å²) in [7, 11) is 0. The van der Waals surface area contributed by atoms with Crippen LogP contribution in [0.15, 0.2) is 85.1 Å². The molecule has 3 nitrogen and oxygen atoms in total. The van der Waals surface area contributed by atoms with Gasteiger partial charge in [-0.2, -0.15) is 0 Å². The molecule has 30 heavy (non-hydrogen) atoms. The maximum Gasteiger partial charge on any atom is 0.328 e. The van der Waals surface area contributed by atoms with Gasteiger partial charge in [0.25, 0.3) is 0 Å². The number of carboxylic acid groups (broad SMARTS) is 1. The van der Waals surface area contributed by atoms with E-state index < -0.39 is 5.97 Å². The van der Waals surface area contributed by atoms with Crippen molar-refractivity contribution in [1.29, 1.82) is 0 Å². The lowest BCUT2D eigenvalue weighted by Crippen LogP contribution is -2.13. The molecule has 0 bridgehead atoms. The summed E-state index contributed by atoms with van der Waals surface area (Å²) in [6.07, 6.45) is 3.38. The third kappa shape index (κ3) is 3.79. The standard InChI is InChI=1S/C27H25NO2/c1-18-7-6-9-23(15-18)27(24-10-5-4-8-19(24)2)28-14-13-22-17-21(11-12-25(22)28)20(3)16-26(29)30/h4-17,27H,1-3H3,(H,29,30). The number of hydrogen-bond donors (Lipinski definition) is 1. The van der Waals surface area contributed by atoms with Crippen LogP contribution in [0.5, 0.6) is 0 Å². The first-order valence-corrected chi connectivity index (χ1v) is 10.1. The highest BCUT2D eigenvalue weighted by molar-refractivity contribution is 5.92. The summed E-state index contributed by atoms with van der Waals surface area (Å²) < 4.78 is 2.31. The van der Waals surface area contributed by atoms with Gasteiger partial charge in [-0.15, -0.1) is 0 Å². The molecule has 3 heteroatoms. The van der Waals surface area contributed by atoms with Crippen molar-refractivity contribution in [2.45, 2.75) is 26.8 Å². The van der Waals surface area contributed by atoms with E-state index in [1.165, 1.54) is 28.3 Å². The summed E-state index contributed by atoms with van der Waals surface area (Å²) in [5, 5.41) is 10.1. The molecule has 1 unspecified atom stereocenters. The third-order valence-electron chi connectivity index (χ3n) is 5.63. The second kappa shape index (κ2) is 8.03. The average Bonchev–Trinajstić information content (AvgIpc) is 3.12. The number of allylic oxidation sites excluding steroid dienone is 1. The van der Waals surface area contributed by atoms with Gasteiger partial charge in [0.2, 0.25) is 0 Å². The van der Waals surface area contributed by atoms with Crippen molar-refractivity contribution in [2.24, 2.45) is 0 Å². The van der Waals surface area contributed by atoms with Gasteiger partial charge in [0.1, 0.15) is 0 Å². The minimum Gasteiger partial charge on any atom is -0.478 e. The van der Waals surface area contributed by atoms with Crippen LogP contribution in [0.1, 0.15) is 40.8 Å². The van der Waals surface area contributed by atoms with Crippen LogP contribution in [0.3, 0.4) is 0 Å². The molecule has 0 aliphatic carbocycles. The van der Waals surface area contributed by atoms with E-state index in [4.69, 9.17) is 5.11 Å². The molecule has 0 radical (unpaired) electrons. The number of aromatic nitrogens is 1. The van der Waals surface area contributed by atoms with E-state index in [2.05, 4.69) is 91.3 Å². The molecule has 4 aromatic rings. The third-order valence-corrected chi connectivity index (χ3v) is 5.63. The SMILES string of the molecule is CC(=CC(=O)O)c1ccc2c(ccn2C(c2cccc(C)c2)c2ccccc2C)c1. The van der Waals surface area contributed by atoms with Crippen LogP contribution >= 0.6 is 0 Å². The largest absolute Gasteiger partial charge is 0.478 e. The molecule has 1 atom stereocenters. The van der Waals surface area contributed by atoms with Crippen LogP contribution in [0.4, 0.5) is 0 Å². The van der Waals surface area contributed by atoms with E-state index in [1.807, 2.05) is 13.0 Å². The number of benzene rings is 3. The first-order chi connectivity index (χ1) is 14.4. The Morgan fingerprint density at radius 3 is 2.50 bits per heavy atom. The fraction of sp³-hybridized carbons (Fsp3) is 0.148. The molecule has 0 aliphatic rings. The van der Waals surface area contributed by atoms with E-state index in [0.717, 1.165) is 22.0 Å². The molecule has 0 saturated heterocycles. The monoisotopic (exact) mass is 395 g/mol. The number of rotatable bonds is 5. The second-order valence-electron chi connectivity index (χ2n) is 7.84. The molecule has 0 amide bonds. The fourth-order valence-electron chi connectivity index (χ4n) is 4.13. The Morgan fingerprint density at radius 2 is 1.77 bits per heavy atom. The van der Waals surface area contributed by atoms with Crippen molar-refractivity contribution in [1.82, 2.24) is 4.57 Å². The van der Waals surface area contributed by atoms with Crippen LogP contribution in [-0.4, -0.2) is 15.6 Å². The molecule has 0 saturated carbocycles. The summed E-state index contributed by atoms with van der Waals surface area (Å²) in [5.74, 6) is -0.927. The van der Waals surface area contributed by atoms with Crippen LogP contribution in [0.25, 0.3) is 16.5 Å². The van der Waals surface area contributed by atoms with Gasteiger partial charge in [0, 0.05) is 23.2 Å². The zero-order chi connectivity index (χ0) is 21.3. The quantitative estimate of drug-likeness (QED) is 0.398. The van der Waals surface area contributed by atoms with Crippen molar-refractivity contribution < 1.29 is 9.90 Å². The summed E-state index contributed by atoms with van der Waals surface area (Å²) in [4.78, 5) is 11.0. The van der Waals surface area contributed by atoms with Crippen LogP contribution < -0.4 is 0 Å². The number of aryl methyl sites for hydroxylation is 2. The zero-order valence-electron chi connectivity index (χ0n) is 17.5. The second-order valence-corrected chi connectivity index (χ2v) is 7.84. The first-order valence-electron chi connectivity index (χ1n) is 10.1.